The van der Waals surface area contributed by atoms with E-state index in [0.717, 1.165) is 4.90 Å². The first kappa shape index (κ1) is 20.9. The molecule has 27 heavy (non-hydrogen) atoms. The zero-order valence-corrected chi connectivity index (χ0v) is 14.1. The Hall–Kier alpha value is -2.43. The van der Waals surface area contributed by atoms with Gasteiger partial charge in [0.15, 0.2) is 23.3 Å². The molecule has 0 spiro atoms. The van der Waals surface area contributed by atoms with Crippen molar-refractivity contribution < 1.29 is 35.5 Å². The molecular weight excluding hydrogens is 401 g/mol. The van der Waals surface area contributed by atoms with Gasteiger partial charge in [-0.2, -0.15) is 13.2 Å². The summed E-state index contributed by atoms with van der Waals surface area (Å²) >= 11 is 1.19. The first-order chi connectivity index (χ1) is 12.5. The number of carbonyl (C=O) groups is 1. The van der Waals surface area contributed by atoms with E-state index in [-0.39, 0.29) is 12.2 Å². The Morgan fingerprint density at radius 3 is 1.96 bits per heavy atom. The smallest absolute Gasteiger partial charge is 0.399 e. The highest BCUT2D eigenvalue weighted by Gasteiger charge is 2.42. The predicted octanol–water partition coefficient (Wildman–Crippen LogP) is 4.96. The van der Waals surface area contributed by atoms with Crippen LogP contribution in [0.1, 0.15) is 12.0 Å². The Morgan fingerprint density at radius 2 is 1.48 bits per heavy atom. The molecule has 0 fully saturated rings. The van der Waals surface area contributed by atoms with Crippen LogP contribution >= 0.6 is 11.8 Å². The maximum absolute atomic E-state index is 13.7. The summed E-state index contributed by atoms with van der Waals surface area (Å²) in [6.07, 6.45) is -5.97. The van der Waals surface area contributed by atoms with Gasteiger partial charge < -0.3 is 11.1 Å². The predicted molar refractivity (Wildman–Crippen MR) is 86.1 cm³/mol. The van der Waals surface area contributed by atoms with Crippen molar-refractivity contribution in [1.82, 2.24) is 0 Å². The van der Waals surface area contributed by atoms with Crippen LogP contribution in [0, 0.1) is 23.3 Å². The van der Waals surface area contributed by atoms with Gasteiger partial charge in [0.05, 0.1) is 0 Å². The monoisotopic (exact) mass is 412 g/mol. The molecule has 146 valence electrons. The summed E-state index contributed by atoms with van der Waals surface area (Å²) in [4.78, 5) is 12.5. The van der Waals surface area contributed by atoms with E-state index >= 15 is 0 Å². The second-order valence-electron chi connectivity index (χ2n) is 5.22. The van der Waals surface area contributed by atoms with Gasteiger partial charge in [-0.1, -0.05) is 0 Å². The zero-order chi connectivity index (χ0) is 20.4. The molecule has 0 saturated carbocycles. The number of amides is 1. The van der Waals surface area contributed by atoms with Crippen molar-refractivity contribution in [2.75, 3.05) is 16.8 Å². The standard InChI is InChI=1S/C16H11F7N2OS/c17-11-10(16(21,22)23)12(18)14(20)15(13(11)19)25-9(26)5-6-27-8-3-1-7(24)2-4-8/h1-4H,5-6,24H2,(H,25,26). The average molecular weight is 412 g/mol. The van der Waals surface area contributed by atoms with Crippen molar-refractivity contribution >= 4 is 29.0 Å². The van der Waals surface area contributed by atoms with E-state index in [2.05, 4.69) is 0 Å². The fourth-order valence-corrected chi connectivity index (χ4v) is 2.87. The van der Waals surface area contributed by atoms with Gasteiger partial charge in [0, 0.05) is 22.8 Å². The van der Waals surface area contributed by atoms with E-state index < -0.39 is 46.6 Å². The molecule has 0 saturated heterocycles. The second-order valence-corrected chi connectivity index (χ2v) is 6.39. The molecule has 0 heterocycles. The number of alkyl halides is 3. The van der Waals surface area contributed by atoms with Crippen molar-refractivity contribution in [1.29, 1.82) is 0 Å². The molecule has 3 N–H and O–H groups in total. The third-order valence-corrected chi connectivity index (χ3v) is 4.30. The molecule has 0 aromatic heterocycles. The van der Waals surface area contributed by atoms with Gasteiger partial charge in [-0.3, -0.25) is 4.79 Å². The van der Waals surface area contributed by atoms with Gasteiger partial charge in [-0.05, 0) is 24.3 Å². The molecule has 2 aromatic carbocycles. The quantitative estimate of drug-likeness (QED) is 0.316. The Labute approximate surface area is 152 Å². The number of hydrogen-bond donors (Lipinski definition) is 2. The van der Waals surface area contributed by atoms with Crippen LogP contribution in [0.15, 0.2) is 29.2 Å². The molecule has 3 nitrogen and oxygen atoms in total. The Kier molecular flexibility index (Phi) is 6.24. The van der Waals surface area contributed by atoms with E-state index in [1.807, 2.05) is 0 Å². The minimum atomic E-state index is -5.64. The highest BCUT2D eigenvalue weighted by Crippen LogP contribution is 2.38. The number of halogens is 7. The summed E-state index contributed by atoms with van der Waals surface area (Å²) in [5, 5.41) is 1.56. The van der Waals surface area contributed by atoms with Crippen LogP contribution in [0.2, 0.25) is 0 Å². The maximum Gasteiger partial charge on any atom is 0.422 e. The zero-order valence-electron chi connectivity index (χ0n) is 13.3. The summed E-state index contributed by atoms with van der Waals surface area (Å²) in [5.41, 5.74) is 1.72. The maximum atomic E-state index is 13.7. The fraction of sp³-hybridized carbons (Fsp3) is 0.188. The summed E-state index contributed by atoms with van der Waals surface area (Å²) in [7, 11) is 0. The lowest BCUT2D eigenvalue weighted by atomic mass is 10.1. The summed E-state index contributed by atoms with van der Waals surface area (Å²) in [5.74, 6) is -10.8. The third kappa shape index (κ3) is 4.85. The molecule has 0 radical (unpaired) electrons. The number of benzene rings is 2. The molecule has 0 aliphatic carbocycles. The molecular formula is C16H11F7N2OS. The third-order valence-electron chi connectivity index (χ3n) is 3.29. The SMILES string of the molecule is Nc1ccc(SCCC(=O)Nc2c(F)c(F)c(C(F)(F)F)c(F)c2F)cc1. The van der Waals surface area contributed by atoms with Gasteiger partial charge >= 0.3 is 6.18 Å². The van der Waals surface area contributed by atoms with Crippen LogP contribution in [0.3, 0.4) is 0 Å². The van der Waals surface area contributed by atoms with Crippen LogP contribution in [-0.2, 0) is 11.0 Å². The van der Waals surface area contributed by atoms with Gasteiger partial charge in [0.2, 0.25) is 5.91 Å². The van der Waals surface area contributed by atoms with E-state index in [1.54, 1.807) is 29.6 Å². The Morgan fingerprint density at radius 1 is 0.963 bits per heavy atom. The molecule has 0 aliphatic heterocycles. The molecule has 0 unspecified atom stereocenters. The fourth-order valence-electron chi connectivity index (χ4n) is 2.02. The topological polar surface area (TPSA) is 55.1 Å². The summed E-state index contributed by atoms with van der Waals surface area (Å²) < 4.78 is 91.9. The minimum absolute atomic E-state index is 0.130. The number of nitrogen functional groups attached to an aromatic ring is 1. The van der Waals surface area contributed by atoms with E-state index in [4.69, 9.17) is 5.73 Å². The van der Waals surface area contributed by atoms with E-state index in [1.165, 1.54) is 11.8 Å². The highest BCUT2D eigenvalue weighted by atomic mass is 32.2. The van der Waals surface area contributed by atoms with Crippen LogP contribution in [0.4, 0.5) is 42.1 Å². The number of nitrogens with two attached hydrogens (primary N) is 1. The van der Waals surface area contributed by atoms with E-state index in [9.17, 15) is 35.5 Å². The lowest BCUT2D eigenvalue weighted by Crippen LogP contribution is -2.20. The molecule has 0 atom stereocenters. The average Bonchev–Trinajstić information content (AvgIpc) is 2.57. The van der Waals surface area contributed by atoms with Gasteiger partial charge in [0.25, 0.3) is 0 Å². The normalized spacial score (nSPS) is 11.5. The van der Waals surface area contributed by atoms with Gasteiger partial charge in [0.1, 0.15) is 11.3 Å². The largest absolute Gasteiger partial charge is 0.422 e. The summed E-state index contributed by atoms with van der Waals surface area (Å²) in [6, 6.07) is 6.55. The van der Waals surface area contributed by atoms with Crippen LogP contribution in [-0.4, -0.2) is 11.7 Å². The van der Waals surface area contributed by atoms with Crippen molar-refractivity contribution in [3.05, 3.63) is 53.1 Å². The van der Waals surface area contributed by atoms with Crippen LogP contribution in [0.25, 0.3) is 0 Å². The number of carbonyl (C=O) groups excluding carboxylic acids is 1. The molecule has 0 bridgehead atoms. The minimum Gasteiger partial charge on any atom is -0.399 e. The molecule has 2 aromatic rings. The number of anilines is 2. The lowest BCUT2D eigenvalue weighted by Gasteiger charge is -2.14. The van der Waals surface area contributed by atoms with Crippen LogP contribution < -0.4 is 11.1 Å². The number of thioether (sulfide) groups is 1. The number of rotatable bonds is 5. The molecule has 1 amide bonds. The number of nitrogens with one attached hydrogen (secondary N) is 1. The first-order valence-corrected chi connectivity index (χ1v) is 8.22. The number of hydrogen-bond acceptors (Lipinski definition) is 3. The van der Waals surface area contributed by atoms with Gasteiger partial charge in [-0.25, -0.2) is 17.6 Å². The van der Waals surface area contributed by atoms with Gasteiger partial charge in [-0.15, -0.1) is 11.8 Å². The molecule has 11 heteroatoms. The van der Waals surface area contributed by atoms with E-state index in [0.29, 0.717) is 5.69 Å². The van der Waals surface area contributed by atoms with Crippen molar-refractivity contribution in [3.8, 4) is 0 Å². The molecule has 0 aliphatic rings. The second kappa shape index (κ2) is 8.07. The van der Waals surface area contributed by atoms with Crippen molar-refractivity contribution in [2.24, 2.45) is 0 Å². The first-order valence-electron chi connectivity index (χ1n) is 7.23. The van der Waals surface area contributed by atoms with Crippen LogP contribution in [0.5, 0.6) is 0 Å². The Balaban J connectivity index is 2.10. The lowest BCUT2D eigenvalue weighted by molar-refractivity contribution is -0.143. The Bertz CT molecular complexity index is 824. The summed E-state index contributed by atoms with van der Waals surface area (Å²) in [6.45, 7) is 0. The van der Waals surface area contributed by atoms with Crippen molar-refractivity contribution in [3.63, 3.8) is 0 Å². The highest BCUT2D eigenvalue weighted by molar-refractivity contribution is 7.99. The molecule has 2 rings (SSSR count). The van der Waals surface area contributed by atoms with Crippen molar-refractivity contribution in [2.45, 2.75) is 17.5 Å².